The minimum absolute atomic E-state index is 0.0804. The number of nitrogens with one attached hydrogen (secondary N) is 1. The molecule has 2 heterocycles. The number of imidazole rings is 1. The number of benzene rings is 1. The van der Waals surface area contributed by atoms with Crippen LogP contribution in [0.5, 0.6) is 0 Å². The highest BCUT2D eigenvalue weighted by Gasteiger charge is 2.19. The molecule has 1 amide bonds. The maximum absolute atomic E-state index is 12.4. The van der Waals surface area contributed by atoms with Crippen LogP contribution in [0.3, 0.4) is 0 Å². The Morgan fingerprint density at radius 3 is 2.88 bits per heavy atom. The normalized spacial score (nSPS) is 12.1. The molecule has 0 spiro atoms. The van der Waals surface area contributed by atoms with Crippen molar-refractivity contribution in [1.29, 1.82) is 0 Å². The van der Waals surface area contributed by atoms with Crippen LogP contribution >= 0.6 is 22.9 Å². The van der Waals surface area contributed by atoms with Gasteiger partial charge in [0.2, 0.25) is 0 Å². The highest BCUT2D eigenvalue weighted by molar-refractivity contribution is 7.90. The largest absolute Gasteiger partial charge is 0.289 e. The molecule has 3 aromatic rings. The summed E-state index contributed by atoms with van der Waals surface area (Å²) in [7, 11) is -3.95. The van der Waals surface area contributed by atoms with E-state index in [9.17, 15) is 13.2 Å². The van der Waals surface area contributed by atoms with Crippen LogP contribution in [-0.2, 0) is 14.8 Å². The number of rotatable bonds is 4. The van der Waals surface area contributed by atoms with Gasteiger partial charge in [-0.05, 0) is 37.1 Å². The van der Waals surface area contributed by atoms with E-state index in [4.69, 9.17) is 11.6 Å². The zero-order valence-corrected chi connectivity index (χ0v) is 15.7. The molecule has 1 N–H and O–H groups in total. The molecule has 0 unspecified atom stereocenters. The van der Waals surface area contributed by atoms with Gasteiger partial charge in [-0.25, -0.2) is 18.1 Å². The molecule has 130 valence electrons. The van der Waals surface area contributed by atoms with Crippen molar-refractivity contribution in [3.63, 3.8) is 0 Å². The van der Waals surface area contributed by atoms with Gasteiger partial charge in [-0.2, -0.15) is 0 Å². The van der Waals surface area contributed by atoms with Crippen molar-refractivity contribution in [2.45, 2.75) is 18.7 Å². The summed E-state index contributed by atoms with van der Waals surface area (Å²) in [5, 5.41) is 2.08. The van der Waals surface area contributed by atoms with Gasteiger partial charge < -0.3 is 0 Å². The van der Waals surface area contributed by atoms with Gasteiger partial charge in [0.05, 0.1) is 10.6 Å². The third-order valence-electron chi connectivity index (χ3n) is 3.51. The molecule has 0 fully saturated rings. The Hall–Kier alpha value is -2.16. The van der Waals surface area contributed by atoms with Crippen LogP contribution in [0.2, 0.25) is 5.15 Å². The van der Waals surface area contributed by atoms with Gasteiger partial charge in [0.25, 0.3) is 15.9 Å². The van der Waals surface area contributed by atoms with Gasteiger partial charge in [-0.15, -0.1) is 11.3 Å². The fraction of sp³-hybridized carbons (Fsp3) is 0.125. The van der Waals surface area contributed by atoms with E-state index in [1.54, 1.807) is 30.5 Å². The second-order valence-electron chi connectivity index (χ2n) is 5.42. The Morgan fingerprint density at radius 2 is 2.12 bits per heavy atom. The summed E-state index contributed by atoms with van der Waals surface area (Å²) < 4.78 is 28.6. The number of amides is 1. The zero-order valence-electron chi connectivity index (χ0n) is 13.4. The molecule has 6 nitrogen and oxygen atoms in total. The van der Waals surface area contributed by atoms with E-state index < -0.39 is 15.9 Å². The topological polar surface area (TPSA) is 80.5 Å². The van der Waals surface area contributed by atoms with Crippen LogP contribution in [0.25, 0.3) is 11.0 Å². The van der Waals surface area contributed by atoms with Crippen molar-refractivity contribution in [2.24, 2.45) is 0 Å². The van der Waals surface area contributed by atoms with Gasteiger partial charge in [0, 0.05) is 17.7 Å². The number of thiazole rings is 1. The van der Waals surface area contributed by atoms with Gasteiger partial charge >= 0.3 is 0 Å². The van der Waals surface area contributed by atoms with Gasteiger partial charge in [0.1, 0.15) is 0 Å². The summed E-state index contributed by atoms with van der Waals surface area (Å²) in [4.78, 5) is 17.0. The minimum atomic E-state index is -3.95. The van der Waals surface area contributed by atoms with E-state index in [2.05, 4.69) is 4.98 Å². The van der Waals surface area contributed by atoms with Crippen molar-refractivity contribution < 1.29 is 13.2 Å². The molecule has 0 radical (unpaired) electrons. The Labute approximate surface area is 153 Å². The molecule has 1 aromatic carbocycles. The van der Waals surface area contributed by atoms with Crippen molar-refractivity contribution in [3.05, 3.63) is 57.8 Å². The first-order valence-electron chi connectivity index (χ1n) is 7.21. The SMILES string of the molecule is Cc1ccc(C)c(S(=O)(=O)NC(=O)/C=C/c2c(Cl)nc3sccn23)c1. The summed E-state index contributed by atoms with van der Waals surface area (Å²) >= 11 is 7.44. The number of aryl methyl sites for hydroxylation is 2. The summed E-state index contributed by atoms with van der Waals surface area (Å²) in [6, 6.07) is 5.03. The second kappa shape index (κ2) is 6.62. The average Bonchev–Trinajstić information content (AvgIpc) is 3.08. The summed E-state index contributed by atoms with van der Waals surface area (Å²) in [5.41, 5.74) is 1.87. The average molecular weight is 396 g/mol. The molecular formula is C16H14ClN3O3S2. The number of halogens is 1. The Kier molecular flexibility index (Phi) is 4.68. The molecule has 0 saturated carbocycles. The molecule has 2 aromatic heterocycles. The van der Waals surface area contributed by atoms with Crippen LogP contribution in [0, 0.1) is 13.8 Å². The lowest BCUT2D eigenvalue weighted by Crippen LogP contribution is -2.29. The van der Waals surface area contributed by atoms with Crippen molar-refractivity contribution >= 4 is 49.9 Å². The summed E-state index contributed by atoms with van der Waals surface area (Å²) in [5.74, 6) is -0.762. The first-order valence-corrected chi connectivity index (χ1v) is 9.95. The fourth-order valence-corrected chi connectivity index (χ4v) is 4.58. The Balaban J connectivity index is 1.83. The lowest BCUT2D eigenvalue weighted by molar-refractivity contribution is -0.114. The van der Waals surface area contributed by atoms with Gasteiger partial charge in [-0.3, -0.25) is 9.20 Å². The van der Waals surface area contributed by atoms with Crippen LogP contribution < -0.4 is 4.72 Å². The van der Waals surface area contributed by atoms with Gasteiger partial charge in [-0.1, -0.05) is 23.7 Å². The van der Waals surface area contributed by atoms with E-state index in [1.165, 1.54) is 23.5 Å². The molecule has 0 bridgehead atoms. The van der Waals surface area contributed by atoms with E-state index in [-0.39, 0.29) is 10.0 Å². The third kappa shape index (κ3) is 3.60. The fourth-order valence-electron chi connectivity index (χ4n) is 2.30. The van der Waals surface area contributed by atoms with Crippen molar-refractivity contribution in [3.8, 4) is 0 Å². The first kappa shape index (κ1) is 17.7. The minimum Gasteiger partial charge on any atom is -0.289 e. The van der Waals surface area contributed by atoms with Crippen LogP contribution in [0.15, 0.2) is 40.7 Å². The van der Waals surface area contributed by atoms with E-state index >= 15 is 0 Å². The number of carbonyl (C=O) groups excluding carboxylic acids is 1. The predicted octanol–water partition coefficient (Wildman–Crippen LogP) is 3.18. The quantitative estimate of drug-likeness (QED) is 0.688. The molecular weight excluding hydrogens is 382 g/mol. The number of nitrogens with zero attached hydrogens (tertiary/aromatic N) is 2. The maximum atomic E-state index is 12.4. The number of carbonyl (C=O) groups is 1. The maximum Gasteiger partial charge on any atom is 0.264 e. The number of aromatic nitrogens is 2. The van der Waals surface area contributed by atoms with Gasteiger partial charge in [0.15, 0.2) is 10.1 Å². The van der Waals surface area contributed by atoms with Crippen LogP contribution in [0.1, 0.15) is 16.8 Å². The van der Waals surface area contributed by atoms with E-state index in [0.29, 0.717) is 16.2 Å². The lowest BCUT2D eigenvalue weighted by Gasteiger charge is -2.08. The Morgan fingerprint density at radius 1 is 1.36 bits per heavy atom. The first-order chi connectivity index (χ1) is 11.8. The highest BCUT2D eigenvalue weighted by Crippen LogP contribution is 2.22. The smallest absolute Gasteiger partial charge is 0.264 e. The monoisotopic (exact) mass is 395 g/mol. The molecule has 0 aliphatic rings. The highest BCUT2D eigenvalue weighted by atomic mass is 35.5. The van der Waals surface area contributed by atoms with Crippen LogP contribution in [0.4, 0.5) is 0 Å². The van der Waals surface area contributed by atoms with E-state index in [0.717, 1.165) is 11.6 Å². The molecule has 0 aliphatic heterocycles. The van der Waals surface area contributed by atoms with Crippen molar-refractivity contribution in [2.75, 3.05) is 0 Å². The second-order valence-corrected chi connectivity index (χ2v) is 8.30. The molecule has 0 aliphatic carbocycles. The standard InChI is InChI=1S/C16H14ClN3O3S2/c1-10-3-4-11(2)13(9-10)25(22,23)19-14(21)6-5-12-15(17)18-16-20(12)7-8-24-16/h3-9H,1-2H3,(H,19,21)/b6-5+. The molecule has 0 saturated heterocycles. The lowest BCUT2D eigenvalue weighted by atomic mass is 10.2. The predicted molar refractivity (Wildman–Crippen MR) is 98.4 cm³/mol. The number of sulfonamides is 1. The molecule has 9 heteroatoms. The third-order valence-corrected chi connectivity index (χ3v) is 6.04. The number of hydrogen-bond acceptors (Lipinski definition) is 5. The number of fused-ring (bicyclic) bond motifs is 1. The molecule has 0 atom stereocenters. The summed E-state index contributed by atoms with van der Waals surface area (Å²) in [6.45, 7) is 3.46. The number of hydrogen-bond donors (Lipinski definition) is 1. The Bertz CT molecular complexity index is 1100. The summed E-state index contributed by atoms with van der Waals surface area (Å²) in [6.07, 6.45) is 4.32. The van der Waals surface area contributed by atoms with Crippen molar-refractivity contribution in [1.82, 2.24) is 14.1 Å². The molecule has 25 heavy (non-hydrogen) atoms. The van der Waals surface area contributed by atoms with Crippen LogP contribution in [-0.4, -0.2) is 23.7 Å². The zero-order chi connectivity index (χ0) is 18.2. The van der Waals surface area contributed by atoms with E-state index in [1.807, 2.05) is 16.2 Å². The molecule has 3 rings (SSSR count).